The third-order valence-corrected chi connectivity index (χ3v) is 3.77. The van der Waals surface area contributed by atoms with Crippen LogP contribution in [0.1, 0.15) is 17.3 Å². The van der Waals surface area contributed by atoms with Crippen LogP contribution in [0.2, 0.25) is 5.02 Å². The lowest BCUT2D eigenvalue weighted by Gasteiger charge is -2.13. The Morgan fingerprint density at radius 3 is 2.55 bits per heavy atom. The summed E-state index contributed by atoms with van der Waals surface area (Å²) in [6, 6.07) is 19.7. The molecule has 100 valence electrons. The first-order chi connectivity index (χ1) is 9.74. The zero-order chi connectivity index (χ0) is 13.9. The van der Waals surface area contributed by atoms with E-state index in [2.05, 4.69) is 11.1 Å². The highest BCUT2D eigenvalue weighted by atomic mass is 35.5. The highest BCUT2D eigenvalue weighted by molar-refractivity contribution is 6.31. The van der Waals surface area contributed by atoms with Crippen LogP contribution < -0.4 is 5.73 Å². The Balaban J connectivity index is 1.89. The van der Waals surface area contributed by atoms with Crippen molar-refractivity contribution in [1.29, 1.82) is 0 Å². The zero-order valence-electron chi connectivity index (χ0n) is 11.0. The van der Waals surface area contributed by atoms with Crippen molar-refractivity contribution in [2.24, 2.45) is 5.73 Å². The fourth-order valence-electron chi connectivity index (χ4n) is 2.29. The van der Waals surface area contributed by atoms with Crippen LogP contribution in [0.4, 0.5) is 0 Å². The summed E-state index contributed by atoms with van der Waals surface area (Å²) in [5.41, 5.74) is 9.18. The molecule has 0 amide bonds. The number of fused-ring (bicyclic) bond motifs is 1. The van der Waals surface area contributed by atoms with Crippen molar-refractivity contribution in [3.8, 4) is 0 Å². The van der Waals surface area contributed by atoms with Gasteiger partial charge in [-0.25, -0.2) is 0 Å². The lowest BCUT2D eigenvalue weighted by molar-refractivity contribution is 0.700. The number of benzene rings is 2. The smallest absolute Gasteiger partial charge is 0.0706 e. The Bertz CT molecular complexity index is 740. The van der Waals surface area contributed by atoms with Crippen molar-refractivity contribution >= 4 is 22.5 Å². The van der Waals surface area contributed by atoms with Crippen molar-refractivity contribution < 1.29 is 0 Å². The van der Waals surface area contributed by atoms with Gasteiger partial charge >= 0.3 is 0 Å². The molecular weight excluding hydrogens is 268 g/mol. The fourth-order valence-corrected chi connectivity index (χ4v) is 2.51. The summed E-state index contributed by atoms with van der Waals surface area (Å²) < 4.78 is 0. The normalized spacial score (nSPS) is 12.5. The van der Waals surface area contributed by atoms with Gasteiger partial charge in [-0.1, -0.05) is 54.1 Å². The summed E-state index contributed by atoms with van der Waals surface area (Å²) in [5.74, 6) is 0. The third kappa shape index (κ3) is 2.67. The molecule has 1 aromatic heterocycles. The molecule has 0 radical (unpaired) electrons. The monoisotopic (exact) mass is 282 g/mol. The second-order valence-corrected chi connectivity index (χ2v) is 5.24. The number of nitrogens with zero attached hydrogens (tertiary/aromatic N) is 1. The molecule has 0 saturated carbocycles. The maximum absolute atomic E-state index is 6.27. The number of para-hydroxylation sites is 1. The van der Waals surface area contributed by atoms with Crippen LogP contribution in [-0.2, 0) is 6.42 Å². The maximum Gasteiger partial charge on any atom is 0.0706 e. The standard InChI is InChI=1S/C17H15ClN2/c18-14-7-3-1-6-13(14)11-15(19)17-10-9-12-5-2-4-8-16(12)20-17/h1-10,15H,11,19H2. The summed E-state index contributed by atoms with van der Waals surface area (Å²) in [6.45, 7) is 0. The number of rotatable bonds is 3. The summed E-state index contributed by atoms with van der Waals surface area (Å²) >= 11 is 6.17. The first-order valence-corrected chi connectivity index (χ1v) is 6.96. The lowest BCUT2D eigenvalue weighted by Crippen LogP contribution is -2.15. The minimum Gasteiger partial charge on any atom is -0.322 e. The van der Waals surface area contributed by atoms with E-state index in [0.29, 0.717) is 6.42 Å². The van der Waals surface area contributed by atoms with Crippen molar-refractivity contribution in [2.45, 2.75) is 12.5 Å². The van der Waals surface area contributed by atoms with Crippen LogP contribution in [0.3, 0.4) is 0 Å². The van der Waals surface area contributed by atoms with Crippen molar-refractivity contribution in [2.75, 3.05) is 0 Å². The van der Waals surface area contributed by atoms with E-state index in [0.717, 1.165) is 27.2 Å². The first kappa shape index (κ1) is 13.1. The predicted molar refractivity (Wildman–Crippen MR) is 83.8 cm³/mol. The van der Waals surface area contributed by atoms with E-state index in [1.807, 2.05) is 54.6 Å². The van der Waals surface area contributed by atoms with Crippen LogP contribution >= 0.6 is 11.6 Å². The Morgan fingerprint density at radius 1 is 0.950 bits per heavy atom. The molecule has 0 aliphatic carbocycles. The topological polar surface area (TPSA) is 38.9 Å². The molecule has 0 aliphatic heterocycles. The van der Waals surface area contributed by atoms with Gasteiger partial charge in [0.25, 0.3) is 0 Å². The molecule has 0 spiro atoms. The fraction of sp³-hybridized carbons (Fsp3) is 0.118. The molecule has 0 aliphatic rings. The molecule has 3 rings (SSSR count). The van der Waals surface area contributed by atoms with Crippen molar-refractivity contribution in [1.82, 2.24) is 4.98 Å². The van der Waals surface area contributed by atoms with Gasteiger partial charge in [0.05, 0.1) is 17.3 Å². The van der Waals surface area contributed by atoms with Gasteiger partial charge in [-0.2, -0.15) is 0 Å². The molecule has 0 bridgehead atoms. The van der Waals surface area contributed by atoms with Gasteiger partial charge in [0, 0.05) is 10.4 Å². The molecule has 1 atom stereocenters. The Labute approximate surface area is 123 Å². The summed E-state index contributed by atoms with van der Waals surface area (Å²) in [4.78, 5) is 4.63. The molecule has 1 unspecified atom stereocenters. The maximum atomic E-state index is 6.27. The van der Waals surface area contributed by atoms with E-state index < -0.39 is 0 Å². The van der Waals surface area contributed by atoms with Crippen molar-refractivity contribution in [3.63, 3.8) is 0 Å². The van der Waals surface area contributed by atoms with Gasteiger partial charge in [0.15, 0.2) is 0 Å². The van der Waals surface area contributed by atoms with E-state index in [1.54, 1.807) is 0 Å². The zero-order valence-corrected chi connectivity index (χ0v) is 11.7. The molecule has 1 heterocycles. The van der Waals surface area contributed by atoms with Gasteiger partial charge in [0.1, 0.15) is 0 Å². The molecule has 0 fully saturated rings. The Kier molecular flexibility index (Phi) is 3.68. The molecule has 2 N–H and O–H groups in total. The molecule has 0 saturated heterocycles. The summed E-state index contributed by atoms with van der Waals surface area (Å²) in [6.07, 6.45) is 0.686. The lowest BCUT2D eigenvalue weighted by atomic mass is 10.0. The van der Waals surface area contributed by atoms with Crippen molar-refractivity contribution in [3.05, 3.63) is 76.9 Å². The summed E-state index contributed by atoms with van der Waals surface area (Å²) in [5, 5.41) is 1.88. The number of aromatic nitrogens is 1. The van der Waals surface area contributed by atoms with Gasteiger partial charge in [-0.3, -0.25) is 4.98 Å². The Morgan fingerprint density at radius 2 is 1.70 bits per heavy atom. The van der Waals surface area contributed by atoms with Crippen LogP contribution in [0, 0.1) is 0 Å². The minimum absolute atomic E-state index is 0.153. The number of hydrogen-bond donors (Lipinski definition) is 1. The summed E-state index contributed by atoms with van der Waals surface area (Å²) in [7, 11) is 0. The molecule has 20 heavy (non-hydrogen) atoms. The average Bonchev–Trinajstić information content (AvgIpc) is 2.49. The van der Waals surface area contributed by atoms with Gasteiger partial charge < -0.3 is 5.73 Å². The van der Waals surface area contributed by atoms with Gasteiger partial charge in [0.2, 0.25) is 0 Å². The minimum atomic E-state index is -0.153. The Hall–Kier alpha value is -1.90. The van der Waals surface area contributed by atoms with Crippen LogP contribution in [0.15, 0.2) is 60.7 Å². The van der Waals surface area contributed by atoms with Gasteiger partial charge in [-0.15, -0.1) is 0 Å². The molecule has 3 heteroatoms. The second-order valence-electron chi connectivity index (χ2n) is 4.83. The van der Waals surface area contributed by atoms with E-state index >= 15 is 0 Å². The second kappa shape index (κ2) is 5.61. The molecule has 3 aromatic rings. The molecule has 2 nitrogen and oxygen atoms in total. The quantitative estimate of drug-likeness (QED) is 0.784. The highest BCUT2D eigenvalue weighted by Crippen LogP contribution is 2.22. The van der Waals surface area contributed by atoms with Crippen LogP contribution in [0.25, 0.3) is 10.9 Å². The van der Waals surface area contributed by atoms with Crippen LogP contribution in [0.5, 0.6) is 0 Å². The average molecular weight is 283 g/mol. The van der Waals surface area contributed by atoms with E-state index in [-0.39, 0.29) is 6.04 Å². The highest BCUT2D eigenvalue weighted by Gasteiger charge is 2.11. The number of nitrogens with two attached hydrogens (primary N) is 1. The van der Waals surface area contributed by atoms with Crippen LogP contribution in [-0.4, -0.2) is 4.98 Å². The van der Waals surface area contributed by atoms with E-state index in [1.165, 1.54) is 0 Å². The third-order valence-electron chi connectivity index (χ3n) is 3.40. The number of halogens is 1. The number of pyridine rings is 1. The van der Waals surface area contributed by atoms with Gasteiger partial charge in [-0.05, 0) is 30.2 Å². The molecular formula is C17H15ClN2. The SMILES string of the molecule is NC(Cc1ccccc1Cl)c1ccc2ccccc2n1. The largest absolute Gasteiger partial charge is 0.322 e. The molecule has 2 aromatic carbocycles. The van der Waals surface area contributed by atoms with E-state index in [9.17, 15) is 0 Å². The first-order valence-electron chi connectivity index (χ1n) is 6.59. The van der Waals surface area contributed by atoms with E-state index in [4.69, 9.17) is 17.3 Å². The number of hydrogen-bond acceptors (Lipinski definition) is 2. The predicted octanol–water partition coefficient (Wildman–Crippen LogP) is 4.13.